The van der Waals surface area contributed by atoms with Gasteiger partial charge in [-0.05, 0) is 98.7 Å². The lowest BCUT2D eigenvalue weighted by atomic mass is 9.53. The number of nitrogens with one attached hydrogen (secondary N) is 1. The molecule has 1 N–H and O–H groups in total. The van der Waals surface area contributed by atoms with Crippen molar-refractivity contribution in [2.75, 3.05) is 18.5 Å². The van der Waals surface area contributed by atoms with Gasteiger partial charge in [0.25, 0.3) is 10.0 Å². The van der Waals surface area contributed by atoms with E-state index < -0.39 is 10.0 Å². The molecule has 5 aliphatic rings. The molecule has 4 aliphatic carbocycles. The zero-order valence-corrected chi connectivity index (χ0v) is 24.2. The van der Waals surface area contributed by atoms with Gasteiger partial charge in [-0.2, -0.15) is 5.10 Å². The number of halogens is 2. The van der Waals surface area contributed by atoms with Gasteiger partial charge >= 0.3 is 0 Å². The van der Waals surface area contributed by atoms with E-state index in [1.54, 1.807) is 37.0 Å². The first-order valence-corrected chi connectivity index (χ1v) is 15.6. The minimum absolute atomic E-state index is 0.0920. The second-order valence-corrected chi connectivity index (χ2v) is 14.3. The van der Waals surface area contributed by atoms with Gasteiger partial charge in [0, 0.05) is 23.2 Å². The van der Waals surface area contributed by atoms with Crippen molar-refractivity contribution in [1.29, 1.82) is 0 Å². The molecule has 0 saturated heterocycles. The average Bonchev–Trinajstić information content (AvgIpc) is 3.27. The number of benzene rings is 2. The van der Waals surface area contributed by atoms with Crippen molar-refractivity contribution in [3.05, 3.63) is 63.6 Å². The number of rotatable bonds is 5. The Hall–Kier alpha value is -2.68. The van der Waals surface area contributed by atoms with Crippen molar-refractivity contribution in [3.8, 4) is 22.7 Å². The number of nitrogens with zero attached hydrogens (tertiary/aromatic N) is 3. The molecule has 1 aromatic heterocycles. The number of anilines is 1. The third kappa shape index (κ3) is 4.14. The summed E-state index contributed by atoms with van der Waals surface area (Å²) in [6, 6.07) is 12.7. The molecule has 4 bridgehead atoms. The Morgan fingerprint density at radius 3 is 2.23 bits per heavy atom. The Labute approximate surface area is 238 Å². The molecule has 39 heavy (non-hydrogen) atoms. The Balaban J connectivity index is 1.42. The van der Waals surface area contributed by atoms with Crippen molar-refractivity contribution in [1.82, 2.24) is 15.1 Å². The van der Waals surface area contributed by atoms with Crippen LogP contribution >= 0.6 is 23.2 Å². The first-order chi connectivity index (χ1) is 18.6. The van der Waals surface area contributed by atoms with E-state index in [-0.39, 0.29) is 5.54 Å². The molecule has 0 spiro atoms. The molecule has 1 aliphatic heterocycles. The lowest BCUT2D eigenvalue weighted by Gasteiger charge is -2.57. The van der Waals surface area contributed by atoms with E-state index in [1.807, 2.05) is 24.3 Å². The summed E-state index contributed by atoms with van der Waals surface area (Å²) in [6.07, 6.45) is 7.15. The smallest absolute Gasteiger partial charge is 0.259 e. The third-order valence-corrected chi connectivity index (χ3v) is 11.0. The highest BCUT2D eigenvalue weighted by Gasteiger charge is 2.52. The zero-order valence-electron chi connectivity index (χ0n) is 21.8. The maximum absolute atomic E-state index is 13.6. The first-order valence-electron chi connectivity index (χ1n) is 13.4. The largest absolute Gasteiger partial charge is 0.497 e. The quantitative estimate of drug-likeness (QED) is 0.371. The van der Waals surface area contributed by atoms with Crippen LogP contribution in [0.5, 0.6) is 5.75 Å². The average molecular weight is 586 g/mol. The van der Waals surface area contributed by atoms with E-state index in [9.17, 15) is 8.42 Å². The molecule has 10 heteroatoms. The van der Waals surface area contributed by atoms with Crippen molar-refractivity contribution < 1.29 is 13.2 Å². The summed E-state index contributed by atoms with van der Waals surface area (Å²) in [5.41, 5.74) is 3.60. The van der Waals surface area contributed by atoms with E-state index in [4.69, 9.17) is 33.0 Å². The van der Waals surface area contributed by atoms with E-state index in [1.165, 1.54) is 29.0 Å². The van der Waals surface area contributed by atoms with Gasteiger partial charge in [-0.15, -0.1) is 0 Å². The number of methoxy groups -OCH3 is 1. The molecule has 0 atom stereocenters. The lowest BCUT2D eigenvalue weighted by Crippen LogP contribution is -2.58. The van der Waals surface area contributed by atoms with Gasteiger partial charge < -0.3 is 10.1 Å². The molecule has 0 radical (unpaired) electrons. The normalized spacial score (nSPS) is 28.3. The number of sulfonamides is 1. The zero-order chi connectivity index (χ0) is 27.1. The number of hydrogen-bond acceptors (Lipinski definition) is 5. The van der Waals surface area contributed by atoms with Gasteiger partial charge in [0.15, 0.2) is 0 Å². The van der Waals surface area contributed by atoms with Crippen LogP contribution in [-0.4, -0.2) is 37.9 Å². The lowest BCUT2D eigenvalue weighted by molar-refractivity contribution is -0.0114. The maximum Gasteiger partial charge on any atom is 0.259 e. The van der Waals surface area contributed by atoms with Crippen molar-refractivity contribution >= 4 is 44.6 Å². The monoisotopic (exact) mass is 584 g/mol. The molecular formula is C29H30Cl2N4O3S. The fourth-order valence-electron chi connectivity index (χ4n) is 7.77. The minimum atomic E-state index is -3.76. The third-order valence-electron chi connectivity index (χ3n) is 9.02. The van der Waals surface area contributed by atoms with Crippen molar-refractivity contribution in [2.24, 2.45) is 17.8 Å². The standard InChI is InChI=1S/C29H30Cl2N4O3S/c1-34-28-26(24(16-39(34,36)37)32-29-13-17-9-18(14-29)11-19(10-17)15-29)33-35(25-8-5-21(30)12-23(25)31)27(28)20-3-6-22(38-2)7-4-20/h3-8,12,16-19,32H,9-11,13-15H2,1-2H3. The fraction of sp³-hybridized carbons (Fsp3) is 0.414. The van der Waals surface area contributed by atoms with Crippen LogP contribution in [0.2, 0.25) is 10.0 Å². The Morgan fingerprint density at radius 2 is 1.64 bits per heavy atom. The molecular weight excluding hydrogens is 555 g/mol. The minimum Gasteiger partial charge on any atom is -0.497 e. The molecule has 0 unspecified atom stereocenters. The topological polar surface area (TPSA) is 76.5 Å². The number of aromatic nitrogens is 2. The summed E-state index contributed by atoms with van der Waals surface area (Å²) < 4.78 is 35.6. The van der Waals surface area contributed by atoms with E-state index >= 15 is 0 Å². The number of hydrogen-bond donors (Lipinski definition) is 1. The predicted molar refractivity (Wildman–Crippen MR) is 155 cm³/mol. The van der Waals surface area contributed by atoms with Gasteiger partial charge in [0.2, 0.25) is 0 Å². The van der Waals surface area contributed by atoms with Gasteiger partial charge in [0.1, 0.15) is 17.1 Å². The molecule has 0 amide bonds. The summed E-state index contributed by atoms with van der Waals surface area (Å²) in [4.78, 5) is 0. The second-order valence-electron chi connectivity index (χ2n) is 11.6. The van der Waals surface area contributed by atoms with Crippen molar-refractivity contribution in [2.45, 2.75) is 44.1 Å². The SMILES string of the molecule is COc1ccc(-c2c3c(nn2-c2ccc(Cl)cc2Cl)C(NC24CC5CC(CC(C5)C2)C4)=CS(=O)(=O)N3C)cc1. The van der Waals surface area contributed by atoms with Crippen LogP contribution in [0.4, 0.5) is 5.69 Å². The molecule has 4 saturated carbocycles. The van der Waals surface area contributed by atoms with Crippen molar-refractivity contribution in [3.63, 3.8) is 0 Å². The fourth-order valence-corrected chi connectivity index (χ4v) is 9.32. The summed E-state index contributed by atoms with van der Waals surface area (Å²) in [5, 5.41) is 11.1. The van der Waals surface area contributed by atoms with Crippen LogP contribution in [0, 0.1) is 17.8 Å². The number of ether oxygens (including phenoxy) is 1. The maximum atomic E-state index is 13.6. The van der Waals surface area contributed by atoms with Crippen LogP contribution in [0.25, 0.3) is 22.6 Å². The van der Waals surface area contributed by atoms with Gasteiger partial charge in [-0.25, -0.2) is 13.1 Å². The van der Waals surface area contributed by atoms with Crippen LogP contribution in [-0.2, 0) is 10.0 Å². The molecule has 204 valence electrons. The van der Waals surface area contributed by atoms with Crippen LogP contribution in [0.3, 0.4) is 0 Å². The number of fused-ring (bicyclic) bond motifs is 1. The van der Waals surface area contributed by atoms with Crippen LogP contribution in [0.1, 0.15) is 44.2 Å². The Bertz CT molecular complexity index is 1580. The summed E-state index contributed by atoms with van der Waals surface area (Å²) in [5.74, 6) is 2.85. The second kappa shape index (κ2) is 8.91. The molecule has 3 aromatic rings. The summed E-state index contributed by atoms with van der Waals surface area (Å²) >= 11 is 12.9. The first kappa shape index (κ1) is 25.3. The Morgan fingerprint density at radius 1 is 1.00 bits per heavy atom. The van der Waals surface area contributed by atoms with Crippen LogP contribution in [0.15, 0.2) is 47.9 Å². The molecule has 4 fully saturated rings. The van der Waals surface area contributed by atoms with Crippen LogP contribution < -0.4 is 14.4 Å². The van der Waals surface area contributed by atoms with Gasteiger partial charge in [-0.1, -0.05) is 23.2 Å². The van der Waals surface area contributed by atoms with E-state index in [0.29, 0.717) is 62.0 Å². The van der Waals surface area contributed by atoms with E-state index in [2.05, 4.69) is 5.32 Å². The Kier molecular flexibility index (Phi) is 5.78. The highest BCUT2D eigenvalue weighted by atomic mass is 35.5. The molecule has 2 heterocycles. The highest BCUT2D eigenvalue weighted by Crippen LogP contribution is 2.56. The van der Waals surface area contributed by atoms with E-state index in [0.717, 1.165) is 24.8 Å². The molecule has 2 aromatic carbocycles. The molecule has 7 nitrogen and oxygen atoms in total. The highest BCUT2D eigenvalue weighted by molar-refractivity contribution is 7.95. The summed E-state index contributed by atoms with van der Waals surface area (Å²) in [7, 11) is -0.569. The van der Waals surface area contributed by atoms with Gasteiger partial charge in [-0.3, -0.25) is 4.31 Å². The summed E-state index contributed by atoms with van der Waals surface area (Å²) in [6.45, 7) is 0. The predicted octanol–water partition coefficient (Wildman–Crippen LogP) is 6.49. The molecule has 8 rings (SSSR count). The van der Waals surface area contributed by atoms with Gasteiger partial charge in [0.05, 0.1) is 34.6 Å².